The Morgan fingerprint density at radius 2 is 1.82 bits per heavy atom. The van der Waals surface area contributed by atoms with Crippen molar-refractivity contribution in [2.24, 2.45) is 0 Å². The molecule has 0 saturated heterocycles. The highest BCUT2D eigenvalue weighted by Crippen LogP contribution is 2.30. The third-order valence-electron chi connectivity index (χ3n) is 4.14. The van der Waals surface area contributed by atoms with Gasteiger partial charge in [-0.15, -0.1) is 0 Å². The van der Waals surface area contributed by atoms with Crippen molar-refractivity contribution in [1.29, 1.82) is 0 Å². The summed E-state index contributed by atoms with van der Waals surface area (Å²) in [6.45, 7) is 4.12. The smallest absolute Gasteiger partial charge is 0.336 e. The van der Waals surface area contributed by atoms with Crippen LogP contribution in [-0.4, -0.2) is 7.05 Å². The van der Waals surface area contributed by atoms with Gasteiger partial charge in [0, 0.05) is 23.1 Å². The van der Waals surface area contributed by atoms with E-state index in [2.05, 4.69) is 18.3 Å². The summed E-state index contributed by atoms with van der Waals surface area (Å²) in [6.07, 6.45) is 0. The van der Waals surface area contributed by atoms with Gasteiger partial charge in [-0.25, -0.2) is 4.79 Å². The summed E-state index contributed by atoms with van der Waals surface area (Å²) in [7, 11) is 1.91. The summed E-state index contributed by atoms with van der Waals surface area (Å²) >= 11 is 0. The van der Waals surface area contributed by atoms with Gasteiger partial charge in [-0.1, -0.05) is 36.4 Å². The molecule has 1 atom stereocenters. The highest BCUT2D eigenvalue weighted by atomic mass is 16.4. The summed E-state index contributed by atoms with van der Waals surface area (Å²) < 4.78 is 5.42. The molecule has 3 rings (SSSR count). The molecule has 0 aliphatic rings. The van der Waals surface area contributed by atoms with Crippen LogP contribution in [0.1, 0.15) is 24.1 Å². The topological polar surface area (TPSA) is 42.2 Å². The van der Waals surface area contributed by atoms with E-state index < -0.39 is 0 Å². The van der Waals surface area contributed by atoms with Gasteiger partial charge < -0.3 is 9.73 Å². The van der Waals surface area contributed by atoms with E-state index in [-0.39, 0.29) is 11.7 Å². The molecule has 0 bridgehead atoms. The molecule has 1 aromatic heterocycles. The van der Waals surface area contributed by atoms with E-state index in [1.807, 2.05) is 50.4 Å². The van der Waals surface area contributed by atoms with E-state index in [0.29, 0.717) is 5.58 Å². The standard InChI is InChI=1S/C19H19NO2/c1-12-6-4-5-7-15(12)17-11-19(21)22-18-10-14(13(2)20-3)8-9-16(17)18/h4-11,13,20H,1-3H3. The lowest BCUT2D eigenvalue weighted by Gasteiger charge is -2.13. The maximum atomic E-state index is 12.0. The normalized spacial score (nSPS) is 12.5. The lowest BCUT2D eigenvalue weighted by molar-refractivity contribution is 0.559. The van der Waals surface area contributed by atoms with Crippen LogP contribution in [-0.2, 0) is 0 Å². The van der Waals surface area contributed by atoms with Crippen LogP contribution in [0.15, 0.2) is 57.7 Å². The Bertz CT molecular complexity index is 880. The van der Waals surface area contributed by atoms with E-state index in [9.17, 15) is 4.79 Å². The summed E-state index contributed by atoms with van der Waals surface area (Å²) in [5.41, 5.74) is 4.54. The van der Waals surface area contributed by atoms with Crippen molar-refractivity contribution in [3.63, 3.8) is 0 Å². The predicted molar refractivity (Wildman–Crippen MR) is 90.1 cm³/mol. The molecule has 0 fully saturated rings. The van der Waals surface area contributed by atoms with Crippen LogP contribution in [0.3, 0.4) is 0 Å². The second kappa shape index (κ2) is 5.78. The SMILES string of the molecule is CNC(C)c1ccc2c(-c3ccccc3C)cc(=O)oc2c1. The number of benzene rings is 2. The van der Waals surface area contributed by atoms with Crippen molar-refractivity contribution in [1.82, 2.24) is 5.32 Å². The van der Waals surface area contributed by atoms with Crippen molar-refractivity contribution in [3.05, 3.63) is 70.1 Å². The summed E-state index contributed by atoms with van der Waals surface area (Å²) in [6, 6.07) is 15.9. The molecule has 0 aliphatic carbocycles. The van der Waals surface area contributed by atoms with Gasteiger partial charge in [-0.05, 0) is 43.7 Å². The van der Waals surface area contributed by atoms with Gasteiger partial charge in [0.05, 0.1) is 0 Å². The first-order valence-electron chi connectivity index (χ1n) is 7.41. The fourth-order valence-corrected chi connectivity index (χ4v) is 2.71. The van der Waals surface area contributed by atoms with Crippen molar-refractivity contribution in [2.45, 2.75) is 19.9 Å². The number of aryl methyl sites for hydroxylation is 1. The minimum absolute atomic E-state index is 0.205. The van der Waals surface area contributed by atoms with Gasteiger partial charge in [0.15, 0.2) is 0 Å². The molecule has 1 heterocycles. The third-order valence-corrected chi connectivity index (χ3v) is 4.14. The third kappa shape index (κ3) is 2.55. The molecule has 0 aliphatic heterocycles. The molecule has 1 unspecified atom stereocenters. The quantitative estimate of drug-likeness (QED) is 0.741. The monoisotopic (exact) mass is 293 g/mol. The Hall–Kier alpha value is -2.39. The Morgan fingerprint density at radius 1 is 1.05 bits per heavy atom. The first-order valence-corrected chi connectivity index (χ1v) is 7.41. The first-order chi connectivity index (χ1) is 10.6. The molecule has 3 nitrogen and oxygen atoms in total. The van der Waals surface area contributed by atoms with E-state index in [1.165, 1.54) is 0 Å². The van der Waals surface area contributed by atoms with Gasteiger partial charge in [0.1, 0.15) is 5.58 Å². The van der Waals surface area contributed by atoms with Crippen LogP contribution >= 0.6 is 0 Å². The highest BCUT2D eigenvalue weighted by molar-refractivity contribution is 5.94. The summed E-state index contributed by atoms with van der Waals surface area (Å²) in [4.78, 5) is 12.0. The fraction of sp³-hybridized carbons (Fsp3) is 0.211. The van der Waals surface area contributed by atoms with E-state index in [0.717, 1.165) is 27.6 Å². The molecule has 0 spiro atoms. The van der Waals surface area contributed by atoms with E-state index >= 15 is 0 Å². The van der Waals surface area contributed by atoms with Crippen molar-refractivity contribution < 1.29 is 4.42 Å². The van der Waals surface area contributed by atoms with Crippen LogP contribution < -0.4 is 10.9 Å². The Labute approximate surface area is 129 Å². The van der Waals surface area contributed by atoms with Crippen LogP contribution in [0.5, 0.6) is 0 Å². The summed E-state index contributed by atoms with van der Waals surface area (Å²) in [5.74, 6) is 0. The van der Waals surface area contributed by atoms with Gasteiger partial charge in [-0.2, -0.15) is 0 Å². The van der Waals surface area contributed by atoms with Crippen LogP contribution in [0.4, 0.5) is 0 Å². The number of rotatable bonds is 3. The zero-order valence-electron chi connectivity index (χ0n) is 13.0. The maximum absolute atomic E-state index is 12.0. The number of hydrogen-bond donors (Lipinski definition) is 1. The number of nitrogens with one attached hydrogen (secondary N) is 1. The van der Waals surface area contributed by atoms with Crippen molar-refractivity contribution >= 4 is 11.0 Å². The second-order valence-corrected chi connectivity index (χ2v) is 5.56. The highest BCUT2D eigenvalue weighted by Gasteiger charge is 2.11. The Kier molecular flexibility index (Phi) is 3.82. The van der Waals surface area contributed by atoms with Crippen molar-refractivity contribution in [2.75, 3.05) is 7.05 Å². The minimum atomic E-state index is -0.319. The molecule has 0 radical (unpaired) electrons. The minimum Gasteiger partial charge on any atom is -0.423 e. The Morgan fingerprint density at radius 3 is 2.55 bits per heavy atom. The van der Waals surface area contributed by atoms with E-state index in [1.54, 1.807) is 6.07 Å². The van der Waals surface area contributed by atoms with Gasteiger partial charge in [-0.3, -0.25) is 0 Å². The maximum Gasteiger partial charge on any atom is 0.336 e. The molecule has 0 saturated carbocycles. The predicted octanol–water partition coefficient (Wildman–Crippen LogP) is 4.05. The number of fused-ring (bicyclic) bond motifs is 1. The van der Waals surface area contributed by atoms with Crippen LogP contribution in [0.25, 0.3) is 22.1 Å². The van der Waals surface area contributed by atoms with Crippen LogP contribution in [0.2, 0.25) is 0 Å². The molecule has 3 aromatic rings. The fourth-order valence-electron chi connectivity index (χ4n) is 2.71. The molecule has 2 aromatic carbocycles. The first kappa shape index (κ1) is 14.5. The lowest BCUT2D eigenvalue weighted by atomic mass is 9.96. The van der Waals surface area contributed by atoms with Gasteiger partial charge in [0.2, 0.25) is 0 Å². The molecule has 0 amide bonds. The number of hydrogen-bond acceptors (Lipinski definition) is 3. The molecular formula is C19H19NO2. The lowest BCUT2D eigenvalue weighted by Crippen LogP contribution is -2.12. The Balaban J connectivity index is 2.28. The average Bonchev–Trinajstić information content (AvgIpc) is 2.53. The van der Waals surface area contributed by atoms with Crippen molar-refractivity contribution in [3.8, 4) is 11.1 Å². The largest absolute Gasteiger partial charge is 0.423 e. The van der Waals surface area contributed by atoms with Gasteiger partial charge >= 0.3 is 5.63 Å². The molecule has 3 heteroatoms. The molecule has 22 heavy (non-hydrogen) atoms. The molecule has 112 valence electrons. The summed E-state index contributed by atoms with van der Waals surface area (Å²) in [5, 5.41) is 4.16. The zero-order chi connectivity index (χ0) is 15.7. The zero-order valence-corrected chi connectivity index (χ0v) is 13.0. The van der Waals surface area contributed by atoms with Crippen LogP contribution in [0, 0.1) is 6.92 Å². The van der Waals surface area contributed by atoms with E-state index in [4.69, 9.17) is 4.42 Å². The molecule has 1 N–H and O–H groups in total. The molecular weight excluding hydrogens is 274 g/mol. The van der Waals surface area contributed by atoms with Gasteiger partial charge in [0.25, 0.3) is 0 Å². The average molecular weight is 293 g/mol. The second-order valence-electron chi connectivity index (χ2n) is 5.56.